The SMILES string of the molecule is Cc1ccc(CCCC(=O)N(C)c2ccc(O)cc2)cc1. The molecule has 0 unspecified atom stereocenters. The molecule has 0 radical (unpaired) electrons. The third-order valence-corrected chi connectivity index (χ3v) is 3.59. The average Bonchev–Trinajstić information content (AvgIpc) is 2.49. The maximum atomic E-state index is 12.1. The summed E-state index contributed by atoms with van der Waals surface area (Å²) in [6.45, 7) is 2.07. The highest BCUT2D eigenvalue weighted by molar-refractivity contribution is 5.92. The van der Waals surface area contributed by atoms with E-state index in [2.05, 4.69) is 31.2 Å². The van der Waals surface area contributed by atoms with Crippen LogP contribution < -0.4 is 4.90 Å². The zero-order chi connectivity index (χ0) is 15.2. The van der Waals surface area contributed by atoms with Crippen molar-refractivity contribution in [2.24, 2.45) is 0 Å². The minimum Gasteiger partial charge on any atom is -0.508 e. The van der Waals surface area contributed by atoms with Crippen LogP contribution >= 0.6 is 0 Å². The van der Waals surface area contributed by atoms with Crippen molar-refractivity contribution in [1.82, 2.24) is 0 Å². The summed E-state index contributed by atoms with van der Waals surface area (Å²) in [5, 5.41) is 9.26. The van der Waals surface area contributed by atoms with Crippen molar-refractivity contribution in [3.05, 3.63) is 59.7 Å². The molecule has 0 aliphatic heterocycles. The molecule has 1 N–H and O–H groups in total. The van der Waals surface area contributed by atoms with E-state index in [9.17, 15) is 9.90 Å². The topological polar surface area (TPSA) is 40.5 Å². The molecule has 110 valence electrons. The molecule has 0 bridgehead atoms. The summed E-state index contributed by atoms with van der Waals surface area (Å²) in [5.41, 5.74) is 3.32. The third-order valence-electron chi connectivity index (χ3n) is 3.59. The lowest BCUT2D eigenvalue weighted by Gasteiger charge is -2.17. The first kappa shape index (κ1) is 15.1. The molecule has 2 aromatic carbocycles. The number of carbonyl (C=O) groups is 1. The highest BCUT2D eigenvalue weighted by Gasteiger charge is 2.10. The number of carbonyl (C=O) groups excluding carboxylic acids is 1. The summed E-state index contributed by atoms with van der Waals surface area (Å²) in [4.78, 5) is 13.8. The fourth-order valence-electron chi connectivity index (χ4n) is 2.19. The van der Waals surface area contributed by atoms with Gasteiger partial charge in [0.15, 0.2) is 0 Å². The minimum atomic E-state index is 0.0906. The van der Waals surface area contributed by atoms with Gasteiger partial charge in [-0.05, 0) is 49.6 Å². The number of nitrogens with zero attached hydrogens (tertiary/aromatic N) is 1. The maximum Gasteiger partial charge on any atom is 0.226 e. The molecule has 0 aromatic heterocycles. The molecule has 2 aromatic rings. The number of hydrogen-bond donors (Lipinski definition) is 1. The molecular weight excluding hydrogens is 262 g/mol. The largest absolute Gasteiger partial charge is 0.508 e. The highest BCUT2D eigenvalue weighted by Crippen LogP contribution is 2.18. The van der Waals surface area contributed by atoms with Gasteiger partial charge in [-0.1, -0.05) is 29.8 Å². The lowest BCUT2D eigenvalue weighted by atomic mass is 10.1. The first-order chi connectivity index (χ1) is 10.1. The monoisotopic (exact) mass is 283 g/mol. The second kappa shape index (κ2) is 6.93. The Morgan fingerprint density at radius 3 is 2.29 bits per heavy atom. The van der Waals surface area contributed by atoms with Crippen LogP contribution in [0.15, 0.2) is 48.5 Å². The van der Waals surface area contributed by atoms with Gasteiger partial charge in [0.25, 0.3) is 0 Å². The van der Waals surface area contributed by atoms with Crippen LogP contribution in [-0.2, 0) is 11.2 Å². The Morgan fingerprint density at radius 1 is 1.05 bits per heavy atom. The summed E-state index contributed by atoms with van der Waals surface area (Å²) in [6, 6.07) is 15.1. The Balaban J connectivity index is 1.83. The van der Waals surface area contributed by atoms with Crippen molar-refractivity contribution in [3.63, 3.8) is 0 Å². The predicted octanol–water partition coefficient (Wildman–Crippen LogP) is 3.69. The molecule has 0 aliphatic rings. The van der Waals surface area contributed by atoms with Gasteiger partial charge in [-0.2, -0.15) is 0 Å². The third kappa shape index (κ3) is 4.35. The first-order valence-electron chi connectivity index (χ1n) is 7.17. The smallest absolute Gasteiger partial charge is 0.226 e. The molecule has 3 nitrogen and oxygen atoms in total. The minimum absolute atomic E-state index is 0.0906. The van der Waals surface area contributed by atoms with E-state index in [0.29, 0.717) is 6.42 Å². The van der Waals surface area contributed by atoms with Crippen LogP contribution in [0.4, 0.5) is 5.69 Å². The van der Waals surface area contributed by atoms with Gasteiger partial charge in [-0.25, -0.2) is 0 Å². The summed E-state index contributed by atoms with van der Waals surface area (Å²) in [6.07, 6.45) is 2.27. The number of aryl methyl sites for hydroxylation is 2. The lowest BCUT2D eigenvalue weighted by molar-refractivity contribution is -0.118. The lowest BCUT2D eigenvalue weighted by Crippen LogP contribution is -2.25. The highest BCUT2D eigenvalue weighted by atomic mass is 16.3. The zero-order valence-electron chi connectivity index (χ0n) is 12.5. The number of rotatable bonds is 5. The maximum absolute atomic E-state index is 12.1. The van der Waals surface area contributed by atoms with Crippen LogP contribution in [0.3, 0.4) is 0 Å². The Morgan fingerprint density at radius 2 is 1.67 bits per heavy atom. The number of anilines is 1. The fourth-order valence-corrected chi connectivity index (χ4v) is 2.19. The standard InChI is InChI=1S/C18H21NO2/c1-14-6-8-15(9-7-14)4-3-5-18(21)19(2)16-10-12-17(20)13-11-16/h6-13,20H,3-5H2,1-2H3. The van der Waals surface area contributed by atoms with Crippen LogP contribution in [-0.4, -0.2) is 18.1 Å². The number of benzene rings is 2. The summed E-state index contributed by atoms with van der Waals surface area (Å²) in [5.74, 6) is 0.298. The number of phenols is 1. The van der Waals surface area contributed by atoms with Crippen LogP contribution in [0.2, 0.25) is 0 Å². The average molecular weight is 283 g/mol. The van der Waals surface area contributed by atoms with E-state index in [-0.39, 0.29) is 11.7 Å². The molecule has 2 rings (SSSR count). The molecule has 0 aliphatic carbocycles. The first-order valence-corrected chi connectivity index (χ1v) is 7.17. The fraction of sp³-hybridized carbons (Fsp3) is 0.278. The van der Waals surface area contributed by atoms with Gasteiger partial charge in [0.2, 0.25) is 5.91 Å². The second-order valence-electron chi connectivity index (χ2n) is 5.31. The van der Waals surface area contributed by atoms with E-state index in [4.69, 9.17) is 0 Å². The van der Waals surface area contributed by atoms with Gasteiger partial charge in [0.1, 0.15) is 5.75 Å². The predicted molar refractivity (Wildman–Crippen MR) is 85.6 cm³/mol. The Labute approximate surface area is 125 Å². The van der Waals surface area contributed by atoms with E-state index in [1.807, 2.05) is 0 Å². The summed E-state index contributed by atoms with van der Waals surface area (Å²) in [7, 11) is 1.76. The second-order valence-corrected chi connectivity index (χ2v) is 5.31. The van der Waals surface area contributed by atoms with Crippen LogP contribution in [0.1, 0.15) is 24.0 Å². The molecule has 3 heteroatoms. The summed E-state index contributed by atoms with van der Waals surface area (Å²) >= 11 is 0. The Bertz CT molecular complexity index is 588. The number of aromatic hydroxyl groups is 1. The van der Waals surface area contributed by atoms with Crippen molar-refractivity contribution in [3.8, 4) is 5.75 Å². The van der Waals surface area contributed by atoms with Crippen molar-refractivity contribution >= 4 is 11.6 Å². The molecule has 0 heterocycles. The van der Waals surface area contributed by atoms with Gasteiger partial charge < -0.3 is 10.0 Å². The molecule has 0 saturated carbocycles. The molecule has 0 fully saturated rings. The molecule has 0 atom stereocenters. The number of hydrogen-bond acceptors (Lipinski definition) is 2. The molecule has 1 amide bonds. The van der Waals surface area contributed by atoms with Gasteiger partial charge in [-0.15, -0.1) is 0 Å². The van der Waals surface area contributed by atoms with Crippen LogP contribution in [0.5, 0.6) is 5.75 Å². The van der Waals surface area contributed by atoms with E-state index in [1.54, 1.807) is 36.2 Å². The molecule has 21 heavy (non-hydrogen) atoms. The van der Waals surface area contributed by atoms with Crippen LogP contribution in [0.25, 0.3) is 0 Å². The van der Waals surface area contributed by atoms with E-state index < -0.39 is 0 Å². The van der Waals surface area contributed by atoms with Gasteiger partial charge >= 0.3 is 0 Å². The Hall–Kier alpha value is -2.29. The zero-order valence-corrected chi connectivity index (χ0v) is 12.5. The molecular formula is C18H21NO2. The molecule has 0 saturated heterocycles. The number of phenolic OH excluding ortho intramolecular Hbond substituents is 1. The van der Waals surface area contributed by atoms with Crippen molar-refractivity contribution in [2.45, 2.75) is 26.2 Å². The van der Waals surface area contributed by atoms with Gasteiger partial charge in [0, 0.05) is 19.2 Å². The van der Waals surface area contributed by atoms with Crippen molar-refractivity contribution in [1.29, 1.82) is 0 Å². The number of amides is 1. The van der Waals surface area contributed by atoms with Crippen molar-refractivity contribution < 1.29 is 9.90 Å². The van der Waals surface area contributed by atoms with Crippen molar-refractivity contribution in [2.75, 3.05) is 11.9 Å². The van der Waals surface area contributed by atoms with Crippen LogP contribution in [0, 0.1) is 6.92 Å². The normalized spacial score (nSPS) is 10.4. The van der Waals surface area contributed by atoms with Gasteiger partial charge in [0.05, 0.1) is 0 Å². The quantitative estimate of drug-likeness (QED) is 0.909. The Kier molecular flexibility index (Phi) is 4.99. The van der Waals surface area contributed by atoms with E-state index in [1.165, 1.54) is 11.1 Å². The molecule has 0 spiro atoms. The van der Waals surface area contributed by atoms with Gasteiger partial charge in [-0.3, -0.25) is 4.79 Å². The van der Waals surface area contributed by atoms with E-state index in [0.717, 1.165) is 18.5 Å². The summed E-state index contributed by atoms with van der Waals surface area (Å²) < 4.78 is 0. The van der Waals surface area contributed by atoms with E-state index >= 15 is 0 Å².